The molecule has 0 bridgehead atoms. The van der Waals surface area contributed by atoms with Crippen LogP contribution in [0.5, 0.6) is 0 Å². The van der Waals surface area contributed by atoms with Crippen LogP contribution >= 0.6 is 0 Å². The molecule has 4 rings (SSSR count). The summed E-state index contributed by atoms with van der Waals surface area (Å²) in [6.07, 6.45) is 6.57. The molecule has 0 amide bonds. The monoisotopic (exact) mass is 285 g/mol. The van der Waals surface area contributed by atoms with E-state index in [4.69, 9.17) is 5.73 Å². The topological polar surface area (TPSA) is 32.5 Å². The van der Waals surface area contributed by atoms with Gasteiger partial charge in [0.05, 0.1) is 5.54 Å². The quantitative estimate of drug-likeness (QED) is 0.921. The molecule has 21 heavy (non-hydrogen) atoms. The van der Waals surface area contributed by atoms with Gasteiger partial charge in [-0.3, -0.25) is 9.80 Å². The summed E-state index contributed by atoms with van der Waals surface area (Å²) in [5, 5.41) is 0. The number of piperazine rings is 1. The molecule has 3 nitrogen and oxygen atoms in total. The molecule has 1 unspecified atom stereocenters. The summed E-state index contributed by atoms with van der Waals surface area (Å²) < 4.78 is 0. The van der Waals surface area contributed by atoms with Gasteiger partial charge in [-0.15, -0.1) is 0 Å². The summed E-state index contributed by atoms with van der Waals surface area (Å²) >= 11 is 0. The molecule has 1 aromatic rings. The summed E-state index contributed by atoms with van der Waals surface area (Å²) in [4.78, 5) is 5.39. The van der Waals surface area contributed by atoms with Gasteiger partial charge in [0, 0.05) is 38.8 Å². The van der Waals surface area contributed by atoms with Crippen LogP contribution in [0.1, 0.15) is 36.8 Å². The Morgan fingerprint density at radius 3 is 2.57 bits per heavy atom. The molecule has 1 heterocycles. The van der Waals surface area contributed by atoms with E-state index in [1.807, 2.05) is 0 Å². The molecule has 1 aromatic carbocycles. The minimum atomic E-state index is 0.102. The number of nitrogens with two attached hydrogens (primary N) is 1. The third-order valence-corrected chi connectivity index (χ3v) is 5.88. The number of hydrogen-bond acceptors (Lipinski definition) is 3. The van der Waals surface area contributed by atoms with Crippen LogP contribution in [0.25, 0.3) is 0 Å². The molecule has 2 fully saturated rings. The third-order valence-electron chi connectivity index (χ3n) is 5.88. The van der Waals surface area contributed by atoms with Crippen LogP contribution < -0.4 is 5.73 Å². The van der Waals surface area contributed by atoms with E-state index in [-0.39, 0.29) is 5.54 Å². The van der Waals surface area contributed by atoms with E-state index >= 15 is 0 Å². The number of aryl methyl sites for hydroxylation is 1. The fraction of sp³-hybridized carbons (Fsp3) is 0.667. The van der Waals surface area contributed by atoms with Crippen molar-refractivity contribution in [3.8, 4) is 0 Å². The molecule has 0 spiro atoms. The Labute approximate surface area is 128 Å². The van der Waals surface area contributed by atoms with Crippen molar-refractivity contribution in [1.29, 1.82) is 0 Å². The van der Waals surface area contributed by atoms with Gasteiger partial charge < -0.3 is 5.73 Å². The van der Waals surface area contributed by atoms with Crippen molar-refractivity contribution in [3.63, 3.8) is 0 Å². The second kappa shape index (κ2) is 5.38. The van der Waals surface area contributed by atoms with E-state index < -0.39 is 0 Å². The highest BCUT2D eigenvalue weighted by atomic mass is 15.3. The Bertz CT molecular complexity index is 503. The van der Waals surface area contributed by atoms with Gasteiger partial charge in [-0.2, -0.15) is 0 Å². The van der Waals surface area contributed by atoms with Gasteiger partial charge in [0.1, 0.15) is 0 Å². The summed E-state index contributed by atoms with van der Waals surface area (Å²) in [6, 6.07) is 9.90. The van der Waals surface area contributed by atoms with Gasteiger partial charge >= 0.3 is 0 Å². The Morgan fingerprint density at radius 2 is 1.86 bits per heavy atom. The van der Waals surface area contributed by atoms with Crippen molar-refractivity contribution in [3.05, 3.63) is 35.4 Å². The van der Waals surface area contributed by atoms with E-state index in [9.17, 15) is 0 Å². The SMILES string of the molecule is NCC1(N2CCN(C3CC3)CC2)CCCc2ccccc21. The largest absolute Gasteiger partial charge is 0.328 e. The molecular formula is C18H27N3. The van der Waals surface area contributed by atoms with E-state index in [0.29, 0.717) is 0 Å². The van der Waals surface area contributed by atoms with Crippen molar-refractivity contribution in [2.45, 2.75) is 43.7 Å². The molecule has 3 heteroatoms. The average Bonchev–Trinajstić information content (AvgIpc) is 3.39. The highest BCUT2D eigenvalue weighted by Crippen LogP contribution is 2.40. The van der Waals surface area contributed by atoms with Crippen LogP contribution in [0, 0.1) is 0 Å². The van der Waals surface area contributed by atoms with Gasteiger partial charge in [0.25, 0.3) is 0 Å². The first-order chi connectivity index (χ1) is 10.3. The summed E-state index contributed by atoms with van der Waals surface area (Å²) in [5.41, 5.74) is 9.48. The number of nitrogens with zero attached hydrogens (tertiary/aromatic N) is 2. The molecule has 0 radical (unpaired) electrons. The zero-order valence-electron chi connectivity index (χ0n) is 12.9. The van der Waals surface area contributed by atoms with Crippen molar-refractivity contribution < 1.29 is 0 Å². The maximum absolute atomic E-state index is 6.34. The fourth-order valence-electron chi connectivity index (χ4n) is 4.52. The Morgan fingerprint density at radius 1 is 1.10 bits per heavy atom. The van der Waals surface area contributed by atoms with Crippen LogP contribution in [0.15, 0.2) is 24.3 Å². The second-order valence-electron chi connectivity index (χ2n) is 7.00. The standard InChI is InChI=1S/C18H27N3/c19-14-18(9-3-5-15-4-1-2-6-17(15)18)21-12-10-20(11-13-21)16-7-8-16/h1-2,4,6,16H,3,5,7-14,19H2. The van der Waals surface area contributed by atoms with Crippen LogP contribution in [0.2, 0.25) is 0 Å². The molecule has 2 N–H and O–H groups in total. The zero-order chi connectivity index (χ0) is 14.3. The molecule has 1 saturated carbocycles. The predicted octanol–water partition coefficient (Wildman–Crippen LogP) is 1.96. The van der Waals surface area contributed by atoms with E-state index in [1.165, 1.54) is 69.4 Å². The molecule has 1 saturated heterocycles. The Kier molecular flexibility index (Phi) is 3.52. The Hall–Kier alpha value is -0.900. The van der Waals surface area contributed by atoms with Gasteiger partial charge in [-0.25, -0.2) is 0 Å². The zero-order valence-corrected chi connectivity index (χ0v) is 12.9. The van der Waals surface area contributed by atoms with Crippen LogP contribution in [-0.4, -0.2) is 48.6 Å². The maximum atomic E-state index is 6.34. The lowest BCUT2D eigenvalue weighted by Gasteiger charge is -2.50. The lowest BCUT2D eigenvalue weighted by molar-refractivity contribution is 0.0201. The van der Waals surface area contributed by atoms with E-state index in [0.717, 1.165) is 12.6 Å². The number of rotatable bonds is 3. The van der Waals surface area contributed by atoms with Crippen LogP contribution in [0.3, 0.4) is 0 Å². The molecule has 1 aliphatic heterocycles. The first-order valence-corrected chi connectivity index (χ1v) is 8.61. The minimum absolute atomic E-state index is 0.102. The normalized spacial score (nSPS) is 31.1. The lowest BCUT2D eigenvalue weighted by Crippen LogP contribution is -2.59. The van der Waals surface area contributed by atoms with Crippen LogP contribution in [-0.2, 0) is 12.0 Å². The lowest BCUT2D eigenvalue weighted by atomic mass is 9.75. The maximum Gasteiger partial charge on any atom is 0.0587 e. The van der Waals surface area contributed by atoms with Gasteiger partial charge in [0.2, 0.25) is 0 Å². The summed E-state index contributed by atoms with van der Waals surface area (Å²) in [7, 11) is 0. The Balaban J connectivity index is 1.59. The van der Waals surface area contributed by atoms with Gasteiger partial charge in [-0.05, 0) is 43.2 Å². The first-order valence-electron chi connectivity index (χ1n) is 8.61. The molecular weight excluding hydrogens is 258 g/mol. The molecule has 0 aromatic heterocycles. The fourth-order valence-corrected chi connectivity index (χ4v) is 4.52. The predicted molar refractivity (Wildman–Crippen MR) is 86.3 cm³/mol. The molecule has 2 aliphatic carbocycles. The van der Waals surface area contributed by atoms with E-state index in [2.05, 4.69) is 34.1 Å². The average molecular weight is 285 g/mol. The molecule has 1 atom stereocenters. The second-order valence-corrected chi connectivity index (χ2v) is 7.00. The smallest absolute Gasteiger partial charge is 0.0587 e. The van der Waals surface area contributed by atoms with Crippen LogP contribution in [0.4, 0.5) is 0 Å². The van der Waals surface area contributed by atoms with Crippen molar-refractivity contribution in [1.82, 2.24) is 9.80 Å². The highest BCUT2D eigenvalue weighted by molar-refractivity contribution is 5.37. The minimum Gasteiger partial charge on any atom is -0.328 e. The number of hydrogen-bond donors (Lipinski definition) is 1. The third kappa shape index (κ3) is 2.32. The summed E-state index contributed by atoms with van der Waals surface area (Å²) in [5.74, 6) is 0. The molecule has 114 valence electrons. The first kappa shape index (κ1) is 13.7. The van der Waals surface area contributed by atoms with Crippen molar-refractivity contribution >= 4 is 0 Å². The van der Waals surface area contributed by atoms with E-state index in [1.54, 1.807) is 0 Å². The summed E-state index contributed by atoms with van der Waals surface area (Å²) in [6.45, 7) is 5.58. The number of benzene rings is 1. The van der Waals surface area contributed by atoms with Crippen molar-refractivity contribution in [2.75, 3.05) is 32.7 Å². The van der Waals surface area contributed by atoms with Gasteiger partial charge in [-0.1, -0.05) is 24.3 Å². The molecule has 3 aliphatic rings. The number of fused-ring (bicyclic) bond motifs is 1. The van der Waals surface area contributed by atoms with Crippen molar-refractivity contribution in [2.24, 2.45) is 5.73 Å². The highest BCUT2D eigenvalue weighted by Gasteiger charge is 2.42. The van der Waals surface area contributed by atoms with Gasteiger partial charge in [0.15, 0.2) is 0 Å².